The monoisotopic (exact) mass is 352 g/mol. The first-order valence-electron chi connectivity index (χ1n) is 9.47. The molecule has 0 aromatic heterocycles. The average molecular weight is 352 g/mol. The number of hydrogen-bond acceptors (Lipinski definition) is 3. The quantitative estimate of drug-likeness (QED) is 0.794. The fourth-order valence-electron chi connectivity index (χ4n) is 3.46. The number of benzene rings is 2. The van der Waals surface area contributed by atoms with Gasteiger partial charge in [0.05, 0.1) is 7.11 Å². The normalized spacial score (nSPS) is 14.8. The summed E-state index contributed by atoms with van der Waals surface area (Å²) in [6, 6.07) is 18.6. The summed E-state index contributed by atoms with van der Waals surface area (Å²) in [5, 5.41) is 0. The van der Waals surface area contributed by atoms with Crippen molar-refractivity contribution in [2.75, 3.05) is 38.2 Å². The number of rotatable bonds is 6. The first kappa shape index (κ1) is 18.3. The maximum atomic E-state index is 12.6. The van der Waals surface area contributed by atoms with Crippen LogP contribution in [0.25, 0.3) is 0 Å². The van der Waals surface area contributed by atoms with Crippen LogP contribution in [0.15, 0.2) is 54.6 Å². The molecule has 3 rings (SSSR count). The van der Waals surface area contributed by atoms with Gasteiger partial charge in [0.25, 0.3) is 0 Å². The molecule has 0 unspecified atom stereocenters. The summed E-state index contributed by atoms with van der Waals surface area (Å²) < 4.78 is 5.23. The summed E-state index contributed by atoms with van der Waals surface area (Å²) in [4.78, 5) is 17.0. The van der Waals surface area contributed by atoms with Gasteiger partial charge in [-0.25, -0.2) is 0 Å². The van der Waals surface area contributed by atoms with Gasteiger partial charge in [0.1, 0.15) is 5.75 Å². The minimum atomic E-state index is 0.289. The molecule has 26 heavy (non-hydrogen) atoms. The standard InChI is InChI=1S/C22H28N2O2/c1-26-21-13-11-20(12-14-21)23-15-6-16-24(18-17-23)22(25)10-5-9-19-7-3-2-4-8-19/h2-4,7-8,11-14H,5-6,9-10,15-18H2,1H3. The number of aryl methyl sites for hydroxylation is 1. The third-order valence-electron chi connectivity index (χ3n) is 4.99. The Hall–Kier alpha value is -2.49. The van der Waals surface area contributed by atoms with E-state index in [1.807, 2.05) is 23.1 Å². The minimum absolute atomic E-state index is 0.289. The highest BCUT2D eigenvalue weighted by molar-refractivity contribution is 5.76. The van der Waals surface area contributed by atoms with Gasteiger partial charge in [0, 0.05) is 38.3 Å². The molecule has 1 amide bonds. The van der Waals surface area contributed by atoms with Crippen molar-refractivity contribution in [3.8, 4) is 5.75 Å². The predicted molar refractivity (Wildman–Crippen MR) is 106 cm³/mol. The van der Waals surface area contributed by atoms with Crippen LogP contribution in [0.3, 0.4) is 0 Å². The van der Waals surface area contributed by atoms with Crippen LogP contribution in [-0.4, -0.2) is 44.1 Å². The zero-order chi connectivity index (χ0) is 18.2. The molecule has 0 bridgehead atoms. The lowest BCUT2D eigenvalue weighted by molar-refractivity contribution is -0.131. The van der Waals surface area contributed by atoms with Crippen molar-refractivity contribution in [1.82, 2.24) is 4.90 Å². The third kappa shape index (κ3) is 5.01. The van der Waals surface area contributed by atoms with E-state index in [-0.39, 0.29) is 5.91 Å². The fraction of sp³-hybridized carbons (Fsp3) is 0.409. The molecule has 4 nitrogen and oxygen atoms in total. The Labute approximate surface area is 156 Å². The maximum Gasteiger partial charge on any atom is 0.222 e. The molecule has 1 fully saturated rings. The average Bonchev–Trinajstić information content (AvgIpc) is 2.95. The molecular formula is C22H28N2O2. The van der Waals surface area contributed by atoms with Gasteiger partial charge in [0.2, 0.25) is 5.91 Å². The Kier molecular flexibility index (Phi) is 6.53. The van der Waals surface area contributed by atoms with Gasteiger partial charge < -0.3 is 14.5 Å². The molecule has 0 spiro atoms. The lowest BCUT2D eigenvalue weighted by Crippen LogP contribution is -2.35. The van der Waals surface area contributed by atoms with Gasteiger partial charge in [-0.3, -0.25) is 4.79 Å². The van der Waals surface area contributed by atoms with Crippen LogP contribution in [0.1, 0.15) is 24.8 Å². The Bertz CT molecular complexity index is 685. The summed E-state index contributed by atoms with van der Waals surface area (Å²) in [7, 11) is 1.68. The molecule has 0 aliphatic carbocycles. The van der Waals surface area contributed by atoms with E-state index < -0.39 is 0 Å². The first-order chi connectivity index (χ1) is 12.8. The van der Waals surface area contributed by atoms with Crippen LogP contribution in [0, 0.1) is 0 Å². The molecule has 0 N–H and O–H groups in total. The predicted octanol–water partition coefficient (Wildman–Crippen LogP) is 3.76. The molecule has 1 aliphatic heterocycles. The minimum Gasteiger partial charge on any atom is -0.497 e. The summed E-state index contributed by atoms with van der Waals surface area (Å²) in [5.41, 5.74) is 2.51. The van der Waals surface area contributed by atoms with Crippen molar-refractivity contribution in [2.45, 2.75) is 25.7 Å². The second kappa shape index (κ2) is 9.27. The largest absolute Gasteiger partial charge is 0.497 e. The molecule has 0 saturated carbocycles. The Morgan fingerprint density at radius 2 is 1.73 bits per heavy atom. The number of nitrogens with zero attached hydrogens (tertiary/aromatic N) is 2. The van der Waals surface area contributed by atoms with Crippen molar-refractivity contribution in [3.05, 3.63) is 60.2 Å². The molecule has 0 atom stereocenters. The van der Waals surface area contributed by atoms with Gasteiger partial charge in [0.15, 0.2) is 0 Å². The Morgan fingerprint density at radius 3 is 2.46 bits per heavy atom. The number of hydrogen-bond donors (Lipinski definition) is 0. The van der Waals surface area contributed by atoms with E-state index in [1.165, 1.54) is 11.3 Å². The molecule has 1 heterocycles. The van der Waals surface area contributed by atoms with Crippen LogP contribution >= 0.6 is 0 Å². The number of amides is 1. The molecule has 0 radical (unpaired) electrons. The van der Waals surface area contributed by atoms with Crippen LogP contribution in [-0.2, 0) is 11.2 Å². The smallest absolute Gasteiger partial charge is 0.222 e. The number of anilines is 1. The molecule has 138 valence electrons. The van der Waals surface area contributed by atoms with E-state index in [4.69, 9.17) is 4.74 Å². The van der Waals surface area contributed by atoms with E-state index in [0.29, 0.717) is 6.42 Å². The van der Waals surface area contributed by atoms with Gasteiger partial charge >= 0.3 is 0 Å². The maximum absolute atomic E-state index is 12.6. The number of ether oxygens (including phenoxy) is 1. The molecule has 1 saturated heterocycles. The number of methoxy groups -OCH3 is 1. The van der Waals surface area contributed by atoms with E-state index in [1.54, 1.807) is 7.11 Å². The van der Waals surface area contributed by atoms with E-state index in [2.05, 4.69) is 41.3 Å². The summed E-state index contributed by atoms with van der Waals surface area (Å²) in [5.74, 6) is 1.16. The van der Waals surface area contributed by atoms with E-state index >= 15 is 0 Å². The van der Waals surface area contributed by atoms with Crippen LogP contribution in [0.4, 0.5) is 5.69 Å². The zero-order valence-electron chi connectivity index (χ0n) is 15.6. The van der Waals surface area contributed by atoms with Gasteiger partial charge in [-0.2, -0.15) is 0 Å². The van der Waals surface area contributed by atoms with E-state index in [9.17, 15) is 4.79 Å². The first-order valence-corrected chi connectivity index (χ1v) is 9.47. The zero-order valence-corrected chi connectivity index (χ0v) is 15.6. The van der Waals surface area contributed by atoms with Crippen molar-refractivity contribution < 1.29 is 9.53 Å². The number of carbonyl (C=O) groups excluding carboxylic acids is 1. The summed E-state index contributed by atoms with van der Waals surface area (Å²) >= 11 is 0. The Morgan fingerprint density at radius 1 is 0.962 bits per heavy atom. The fourth-order valence-corrected chi connectivity index (χ4v) is 3.46. The van der Waals surface area contributed by atoms with E-state index in [0.717, 1.165) is 51.2 Å². The lowest BCUT2D eigenvalue weighted by Gasteiger charge is -2.24. The van der Waals surface area contributed by atoms with Gasteiger partial charge in [-0.15, -0.1) is 0 Å². The van der Waals surface area contributed by atoms with Crippen molar-refractivity contribution in [1.29, 1.82) is 0 Å². The van der Waals surface area contributed by atoms with Crippen molar-refractivity contribution in [2.24, 2.45) is 0 Å². The SMILES string of the molecule is COc1ccc(N2CCCN(C(=O)CCCc3ccccc3)CC2)cc1. The van der Waals surface area contributed by atoms with Crippen LogP contribution < -0.4 is 9.64 Å². The van der Waals surface area contributed by atoms with Crippen molar-refractivity contribution in [3.63, 3.8) is 0 Å². The molecule has 2 aromatic rings. The topological polar surface area (TPSA) is 32.8 Å². The molecule has 2 aromatic carbocycles. The van der Waals surface area contributed by atoms with Crippen molar-refractivity contribution >= 4 is 11.6 Å². The summed E-state index contributed by atoms with van der Waals surface area (Å²) in [6.45, 7) is 3.53. The van der Waals surface area contributed by atoms with Gasteiger partial charge in [-0.1, -0.05) is 30.3 Å². The second-order valence-electron chi connectivity index (χ2n) is 6.76. The number of carbonyl (C=O) groups is 1. The highest BCUT2D eigenvalue weighted by atomic mass is 16.5. The highest BCUT2D eigenvalue weighted by Gasteiger charge is 2.19. The third-order valence-corrected chi connectivity index (χ3v) is 4.99. The molecular weight excluding hydrogens is 324 g/mol. The second-order valence-corrected chi connectivity index (χ2v) is 6.76. The van der Waals surface area contributed by atoms with Crippen LogP contribution in [0.2, 0.25) is 0 Å². The summed E-state index contributed by atoms with van der Waals surface area (Å²) in [6.07, 6.45) is 3.54. The van der Waals surface area contributed by atoms with Crippen LogP contribution in [0.5, 0.6) is 5.75 Å². The Balaban J connectivity index is 1.47. The molecule has 4 heteroatoms. The lowest BCUT2D eigenvalue weighted by atomic mass is 10.1. The molecule has 1 aliphatic rings. The van der Waals surface area contributed by atoms with Gasteiger partial charge in [-0.05, 0) is 49.1 Å². The highest BCUT2D eigenvalue weighted by Crippen LogP contribution is 2.21.